The fourth-order valence-corrected chi connectivity index (χ4v) is 2.59. The highest BCUT2D eigenvalue weighted by Gasteiger charge is 2.21. The Morgan fingerprint density at radius 2 is 1.68 bits per heavy atom. The van der Waals surface area contributed by atoms with Gasteiger partial charge < -0.3 is 0 Å². The third kappa shape index (κ3) is 2.87. The predicted octanol–water partition coefficient (Wildman–Crippen LogP) is 2.78. The molecule has 1 heterocycles. The van der Waals surface area contributed by atoms with Gasteiger partial charge in [0, 0.05) is 22.9 Å². The van der Waals surface area contributed by atoms with Gasteiger partial charge in [-0.05, 0) is 17.7 Å². The Balaban J connectivity index is 2.47. The molecule has 0 radical (unpaired) electrons. The molecule has 19 heavy (non-hydrogen) atoms. The second-order valence-electron chi connectivity index (χ2n) is 5.71. The van der Waals surface area contributed by atoms with E-state index in [2.05, 4.69) is 31.0 Å². The van der Waals surface area contributed by atoms with E-state index in [9.17, 15) is 8.42 Å². The Morgan fingerprint density at radius 1 is 1.11 bits per heavy atom. The molecule has 0 amide bonds. The molecule has 0 aliphatic heterocycles. The van der Waals surface area contributed by atoms with Gasteiger partial charge in [0.2, 0.25) is 0 Å². The summed E-state index contributed by atoms with van der Waals surface area (Å²) in [5, 5.41) is 7.11. The predicted molar refractivity (Wildman–Crippen MR) is 75.8 cm³/mol. The maximum Gasteiger partial charge on any atom is 0.175 e. The van der Waals surface area contributed by atoms with Crippen LogP contribution in [0.25, 0.3) is 11.1 Å². The van der Waals surface area contributed by atoms with Gasteiger partial charge in [-0.15, -0.1) is 0 Å². The van der Waals surface area contributed by atoms with Crippen molar-refractivity contribution in [3.8, 4) is 11.1 Å². The number of hydrogen-bond acceptors (Lipinski definition) is 3. The first kappa shape index (κ1) is 13.8. The van der Waals surface area contributed by atoms with E-state index in [1.807, 2.05) is 12.1 Å². The van der Waals surface area contributed by atoms with Crippen LogP contribution in [0.2, 0.25) is 0 Å². The second-order valence-corrected chi connectivity index (χ2v) is 7.72. The molecule has 0 atom stereocenters. The standard InChI is InChI=1S/C14H18N2O2S/c1-14(2,3)13-12(9-15-16-13)10-5-7-11(8-6-10)19(4,17)18/h5-9H,1-4H3,(H,15,16). The molecule has 0 spiro atoms. The summed E-state index contributed by atoms with van der Waals surface area (Å²) < 4.78 is 22.9. The molecule has 0 aliphatic carbocycles. The number of hydrogen-bond donors (Lipinski definition) is 1. The minimum atomic E-state index is -3.15. The lowest BCUT2D eigenvalue weighted by Gasteiger charge is -2.18. The molecule has 0 bridgehead atoms. The summed E-state index contributed by atoms with van der Waals surface area (Å²) in [5.74, 6) is 0. The van der Waals surface area contributed by atoms with Crippen molar-refractivity contribution in [2.75, 3.05) is 6.26 Å². The molecule has 0 unspecified atom stereocenters. The van der Waals surface area contributed by atoms with Gasteiger partial charge in [-0.25, -0.2) is 8.42 Å². The summed E-state index contributed by atoms with van der Waals surface area (Å²) in [5.41, 5.74) is 2.97. The van der Waals surface area contributed by atoms with Crippen molar-refractivity contribution >= 4 is 9.84 Å². The Bertz CT molecular complexity index is 677. The first-order valence-electron chi connectivity index (χ1n) is 6.04. The largest absolute Gasteiger partial charge is 0.281 e. The average Bonchev–Trinajstić information content (AvgIpc) is 2.76. The molecule has 1 aromatic heterocycles. The van der Waals surface area contributed by atoms with Gasteiger partial charge in [0.25, 0.3) is 0 Å². The number of sulfone groups is 1. The quantitative estimate of drug-likeness (QED) is 0.918. The summed E-state index contributed by atoms with van der Waals surface area (Å²) in [6, 6.07) is 6.89. The highest BCUT2D eigenvalue weighted by Crippen LogP contribution is 2.31. The number of aromatic amines is 1. The van der Waals surface area contributed by atoms with Crippen LogP contribution < -0.4 is 0 Å². The molecule has 0 saturated heterocycles. The van der Waals surface area contributed by atoms with Crippen LogP contribution in [0.5, 0.6) is 0 Å². The smallest absolute Gasteiger partial charge is 0.175 e. The van der Waals surface area contributed by atoms with Crippen LogP contribution in [-0.2, 0) is 15.3 Å². The van der Waals surface area contributed by atoms with E-state index in [1.165, 1.54) is 6.26 Å². The zero-order valence-electron chi connectivity index (χ0n) is 11.6. The van der Waals surface area contributed by atoms with E-state index in [-0.39, 0.29) is 5.41 Å². The van der Waals surface area contributed by atoms with Gasteiger partial charge in [0.05, 0.1) is 11.1 Å². The molecule has 1 N–H and O–H groups in total. The fourth-order valence-electron chi connectivity index (χ4n) is 1.96. The topological polar surface area (TPSA) is 62.8 Å². The molecule has 2 rings (SSSR count). The Labute approximate surface area is 113 Å². The highest BCUT2D eigenvalue weighted by atomic mass is 32.2. The lowest BCUT2D eigenvalue weighted by molar-refractivity contribution is 0.568. The highest BCUT2D eigenvalue weighted by molar-refractivity contribution is 7.90. The number of aromatic nitrogens is 2. The normalized spacial score (nSPS) is 12.6. The lowest BCUT2D eigenvalue weighted by atomic mass is 9.87. The van der Waals surface area contributed by atoms with E-state index in [0.29, 0.717) is 4.90 Å². The van der Waals surface area contributed by atoms with Gasteiger partial charge in [0.15, 0.2) is 9.84 Å². The van der Waals surface area contributed by atoms with Crippen LogP contribution >= 0.6 is 0 Å². The molecule has 102 valence electrons. The van der Waals surface area contributed by atoms with E-state index in [4.69, 9.17) is 0 Å². The van der Waals surface area contributed by atoms with Crippen LogP contribution in [0.4, 0.5) is 0 Å². The Morgan fingerprint density at radius 3 is 2.16 bits per heavy atom. The third-order valence-electron chi connectivity index (χ3n) is 2.98. The van der Waals surface area contributed by atoms with Gasteiger partial charge in [-0.1, -0.05) is 32.9 Å². The maximum atomic E-state index is 11.4. The van der Waals surface area contributed by atoms with Crippen molar-refractivity contribution in [3.63, 3.8) is 0 Å². The zero-order valence-corrected chi connectivity index (χ0v) is 12.4. The zero-order chi connectivity index (χ0) is 14.3. The first-order valence-corrected chi connectivity index (χ1v) is 7.93. The van der Waals surface area contributed by atoms with E-state index < -0.39 is 9.84 Å². The Kier molecular flexibility index (Phi) is 3.26. The molecular formula is C14H18N2O2S. The first-order chi connectivity index (χ1) is 8.69. The molecule has 0 saturated carbocycles. The minimum absolute atomic E-state index is 0.0403. The van der Waals surface area contributed by atoms with Crippen molar-refractivity contribution in [1.29, 1.82) is 0 Å². The number of H-pyrrole nitrogens is 1. The van der Waals surface area contributed by atoms with E-state index in [1.54, 1.807) is 18.3 Å². The van der Waals surface area contributed by atoms with Crippen LogP contribution in [0.3, 0.4) is 0 Å². The van der Waals surface area contributed by atoms with Crippen LogP contribution in [0.15, 0.2) is 35.4 Å². The molecule has 4 nitrogen and oxygen atoms in total. The van der Waals surface area contributed by atoms with Gasteiger partial charge in [0.1, 0.15) is 0 Å². The third-order valence-corrected chi connectivity index (χ3v) is 4.11. The number of nitrogens with zero attached hydrogens (tertiary/aromatic N) is 1. The van der Waals surface area contributed by atoms with Gasteiger partial charge >= 0.3 is 0 Å². The molecule has 0 fully saturated rings. The average molecular weight is 278 g/mol. The summed E-state index contributed by atoms with van der Waals surface area (Å²) in [4.78, 5) is 0.331. The summed E-state index contributed by atoms with van der Waals surface area (Å²) in [6.07, 6.45) is 2.98. The van der Waals surface area contributed by atoms with Crippen molar-refractivity contribution in [2.45, 2.75) is 31.1 Å². The summed E-state index contributed by atoms with van der Waals surface area (Å²) in [7, 11) is -3.15. The van der Waals surface area contributed by atoms with Gasteiger partial charge in [-0.3, -0.25) is 5.10 Å². The Hall–Kier alpha value is -1.62. The minimum Gasteiger partial charge on any atom is -0.281 e. The maximum absolute atomic E-state index is 11.4. The molecular weight excluding hydrogens is 260 g/mol. The van der Waals surface area contributed by atoms with Crippen molar-refractivity contribution in [3.05, 3.63) is 36.2 Å². The molecule has 1 aromatic carbocycles. The van der Waals surface area contributed by atoms with E-state index in [0.717, 1.165) is 16.8 Å². The van der Waals surface area contributed by atoms with Crippen LogP contribution in [-0.4, -0.2) is 24.9 Å². The van der Waals surface area contributed by atoms with E-state index >= 15 is 0 Å². The van der Waals surface area contributed by atoms with Crippen molar-refractivity contribution < 1.29 is 8.42 Å². The van der Waals surface area contributed by atoms with Crippen molar-refractivity contribution in [1.82, 2.24) is 10.2 Å². The number of nitrogens with one attached hydrogen (secondary N) is 1. The van der Waals surface area contributed by atoms with Crippen LogP contribution in [0, 0.1) is 0 Å². The van der Waals surface area contributed by atoms with Gasteiger partial charge in [-0.2, -0.15) is 5.10 Å². The molecule has 0 aliphatic rings. The fraction of sp³-hybridized carbons (Fsp3) is 0.357. The molecule has 2 aromatic rings. The lowest BCUT2D eigenvalue weighted by Crippen LogP contribution is -2.13. The van der Waals surface area contributed by atoms with Crippen LogP contribution in [0.1, 0.15) is 26.5 Å². The molecule has 5 heteroatoms. The number of benzene rings is 1. The van der Waals surface area contributed by atoms with Crippen molar-refractivity contribution in [2.24, 2.45) is 0 Å². The summed E-state index contributed by atoms with van der Waals surface area (Å²) in [6.45, 7) is 6.32. The monoisotopic (exact) mass is 278 g/mol. The number of rotatable bonds is 2. The SMILES string of the molecule is CC(C)(C)c1[nH]ncc1-c1ccc(S(C)(=O)=O)cc1. The second kappa shape index (κ2) is 4.49. The summed E-state index contributed by atoms with van der Waals surface area (Å²) >= 11 is 0.